The van der Waals surface area contributed by atoms with Gasteiger partial charge in [-0.2, -0.15) is 0 Å². The molecule has 1 aliphatic carbocycles. The number of hydrogen-bond acceptors (Lipinski definition) is 0. The lowest BCUT2D eigenvalue weighted by molar-refractivity contribution is 0.506. The maximum Gasteiger partial charge on any atom is 0.00494 e. The van der Waals surface area contributed by atoms with Gasteiger partial charge in [0.1, 0.15) is 0 Å². The molecule has 0 saturated heterocycles. The highest BCUT2D eigenvalue weighted by Gasteiger charge is 2.25. The predicted octanol–water partition coefficient (Wildman–Crippen LogP) is 5.49. The standard InChI is InChI=1S/C19H24/c1-13(2)15(4)16(5)19-12-18(11-14(19)3)17-9-7-6-8-10-17/h6-13,16,19H,4H2,1-3,5H3. The van der Waals surface area contributed by atoms with E-state index in [0.717, 1.165) is 0 Å². The van der Waals surface area contributed by atoms with Gasteiger partial charge in [-0.05, 0) is 29.9 Å². The lowest BCUT2D eigenvalue weighted by atomic mass is 9.81. The van der Waals surface area contributed by atoms with Gasteiger partial charge in [0, 0.05) is 5.92 Å². The van der Waals surface area contributed by atoms with E-state index in [9.17, 15) is 0 Å². The Hall–Kier alpha value is -1.56. The highest BCUT2D eigenvalue weighted by atomic mass is 14.3. The quantitative estimate of drug-likeness (QED) is 0.621. The van der Waals surface area contributed by atoms with Gasteiger partial charge in [0.05, 0.1) is 0 Å². The van der Waals surface area contributed by atoms with Gasteiger partial charge >= 0.3 is 0 Å². The molecule has 0 aliphatic heterocycles. The van der Waals surface area contributed by atoms with Gasteiger partial charge in [0.2, 0.25) is 0 Å². The van der Waals surface area contributed by atoms with Crippen molar-refractivity contribution < 1.29 is 0 Å². The fourth-order valence-corrected chi connectivity index (χ4v) is 2.82. The predicted molar refractivity (Wildman–Crippen MR) is 84.8 cm³/mol. The van der Waals surface area contributed by atoms with E-state index in [2.05, 4.69) is 76.8 Å². The van der Waals surface area contributed by atoms with E-state index in [-0.39, 0.29) is 0 Å². The monoisotopic (exact) mass is 252 g/mol. The number of hydrogen-bond donors (Lipinski definition) is 0. The van der Waals surface area contributed by atoms with E-state index in [1.807, 2.05) is 0 Å². The van der Waals surface area contributed by atoms with Crippen molar-refractivity contribution in [1.29, 1.82) is 0 Å². The van der Waals surface area contributed by atoms with Crippen LogP contribution in [-0.4, -0.2) is 0 Å². The molecular formula is C19H24. The highest BCUT2D eigenvalue weighted by Crippen LogP contribution is 2.38. The number of rotatable bonds is 4. The van der Waals surface area contributed by atoms with Crippen LogP contribution in [0.3, 0.4) is 0 Å². The summed E-state index contributed by atoms with van der Waals surface area (Å²) in [5.74, 6) is 1.57. The van der Waals surface area contributed by atoms with Crippen molar-refractivity contribution in [2.24, 2.45) is 17.8 Å². The zero-order valence-corrected chi connectivity index (χ0v) is 12.5. The third-order valence-electron chi connectivity index (χ3n) is 4.24. The smallest absolute Gasteiger partial charge is 0.00494 e. The first-order chi connectivity index (χ1) is 9.00. The van der Waals surface area contributed by atoms with Crippen LogP contribution in [0.5, 0.6) is 0 Å². The molecule has 0 nitrogen and oxygen atoms in total. The molecular weight excluding hydrogens is 228 g/mol. The molecule has 1 aromatic rings. The summed E-state index contributed by atoms with van der Waals surface area (Å²) in [5.41, 5.74) is 5.47. The fourth-order valence-electron chi connectivity index (χ4n) is 2.82. The highest BCUT2D eigenvalue weighted by molar-refractivity contribution is 5.78. The Morgan fingerprint density at radius 1 is 1.11 bits per heavy atom. The third kappa shape index (κ3) is 2.89. The minimum Gasteiger partial charge on any atom is -0.0993 e. The molecule has 0 aromatic heterocycles. The largest absolute Gasteiger partial charge is 0.0993 e. The molecule has 0 saturated carbocycles. The molecule has 0 bridgehead atoms. The van der Waals surface area contributed by atoms with Gasteiger partial charge in [-0.1, -0.05) is 81.0 Å². The molecule has 0 amide bonds. The Bertz CT molecular complexity index is 514. The van der Waals surface area contributed by atoms with Crippen LogP contribution in [0.25, 0.3) is 5.57 Å². The van der Waals surface area contributed by atoms with Gasteiger partial charge in [-0.3, -0.25) is 0 Å². The lowest BCUT2D eigenvalue weighted by Crippen LogP contribution is -2.14. The average molecular weight is 252 g/mol. The van der Waals surface area contributed by atoms with Crippen molar-refractivity contribution in [2.45, 2.75) is 27.7 Å². The van der Waals surface area contributed by atoms with Gasteiger partial charge in [0.15, 0.2) is 0 Å². The Kier molecular flexibility index (Phi) is 4.09. The summed E-state index contributed by atoms with van der Waals surface area (Å²) in [6, 6.07) is 10.6. The second-order valence-electron chi connectivity index (χ2n) is 5.92. The summed E-state index contributed by atoms with van der Waals surface area (Å²) in [4.78, 5) is 0. The summed E-state index contributed by atoms with van der Waals surface area (Å²) in [5, 5.41) is 0. The third-order valence-corrected chi connectivity index (χ3v) is 4.24. The first kappa shape index (κ1) is 13.9. The van der Waals surface area contributed by atoms with E-state index in [4.69, 9.17) is 0 Å². The number of allylic oxidation sites excluding steroid dienone is 5. The Labute approximate surface area is 117 Å². The number of benzene rings is 1. The van der Waals surface area contributed by atoms with E-state index in [0.29, 0.717) is 17.8 Å². The van der Waals surface area contributed by atoms with E-state index >= 15 is 0 Å². The maximum absolute atomic E-state index is 4.27. The zero-order valence-electron chi connectivity index (χ0n) is 12.5. The lowest BCUT2D eigenvalue weighted by Gasteiger charge is -2.24. The van der Waals surface area contributed by atoms with Crippen molar-refractivity contribution in [1.82, 2.24) is 0 Å². The second-order valence-corrected chi connectivity index (χ2v) is 5.92. The molecule has 0 fully saturated rings. The second kappa shape index (κ2) is 5.61. The Morgan fingerprint density at radius 3 is 2.32 bits per heavy atom. The summed E-state index contributed by atoms with van der Waals surface area (Å²) < 4.78 is 0. The summed E-state index contributed by atoms with van der Waals surface area (Å²) in [7, 11) is 0. The van der Waals surface area contributed by atoms with Gasteiger partial charge < -0.3 is 0 Å². The molecule has 100 valence electrons. The summed E-state index contributed by atoms with van der Waals surface area (Å²) >= 11 is 0. The van der Waals surface area contributed by atoms with Crippen LogP contribution in [0.4, 0.5) is 0 Å². The first-order valence-electron chi connectivity index (χ1n) is 7.15. The molecule has 0 radical (unpaired) electrons. The van der Waals surface area contributed by atoms with E-state index in [1.54, 1.807) is 0 Å². The molecule has 0 N–H and O–H groups in total. The minimum absolute atomic E-state index is 0.505. The normalized spacial score (nSPS) is 20.2. The molecule has 2 atom stereocenters. The van der Waals surface area contributed by atoms with Crippen molar-refractivity contribution in [2.75, 3.05) is 0 Å². The van der Waals surface area contributed by atoms with Crippen LogP contribution in [0, 0.1) is 17.8 Å². The van der Waals surface area contributed by atoms with E-state index in [1.165, 1.54) is 22.3 Å². The SMILES string of the molecule is C=C(C(C)C)C(C)C1C=C(c2ccccc2)C=C1C. The van der Waals surface area contributed by atoms with Crippen LogP contribution in [0.15, 0.2) is 60.2 Å². The topological polar surface area (TPSA) is 0 Å². The van der Waals surface area contributed by atoms with Crippen LogP contribution < -0.4 is 0 Å². The molecule has 0 heterocycles. The molecule has 1 aromatic carbocycles. The van der Waals surface area contributed by atoms with Gasteiger partial charge in [-0.15, -0.1) is 0 Å². The minimum atomic E-state index is 0.505. The molecule has 1 aliphatic rings. The molecule has 2 rings (SSSR count). The summed E-state index contributed by atoms with van der Waals surface area (Å²) in [6.07, 6.45) is 4.73. The van der Waals surface area contributed by atoms with Crippen LogP contribution >= 0.6 is 0 Å². The Morgan fingerprint density at radius 2 is 1.74 bits per heavy atom. The maximum atomic E-state index is 4.27. The van der Waals surface area contributed by atoms with Gasteiger partial charge in [0.25, 0.3) is 0 Å². The van der Waals surface area contributed by atoms with Crippen LogP contribution in [0.1, 0.15) is 33.3 Å². The average Bonchev–Trinajstić information content (AvgIpc) is 2.80. The molecule has 0 heteroatoms. The van der Waals surface area contributed by atoms with Gasteiger partial charge in [-0.25, -0.2) is 0 Å². The van der Waals surface area contributed by atoms with Crippen molar-refractivity contribution in [3.05, 3.63) is 65.8 Å². The van der Waals surface area contributed by atoms with E-state index < -0.39 is 0 Å². The van der Waals surface area contributed by atoms with Crippen molar-refractivity contribution >= 4 is 5.57 Å². The summed E-state index contributed by atoms with van der Waals surface area (Å²) in [6.45, 7) is 13.3. The fraction of sp³-hybridized carbons (Fsp3) is 0.368. The molecule has 0 spiro atoms. The van der Waals surface area contributed by atoms with Crippen molar-refractivity contribution in [3.8, 4) is 0 Å². The molecule has 2 unspecified atom stereocenters. The van der Waals surface area contributed by atoms with Crippen LogP contribution in [0.2, 0.25) is 0 Å². The van der Waals surface area contributed by atoms with Crippen LogP contribution in [-0.2, 0) is 0 Å². The first-order valence-corrected chi connectivity index (χ1v) is 7.15. The zero-order chi connectivity index (χ0) is 14.0. The molecule has 19 heavy (non-hydrogen) atoms. The van der Waals surface area contributed by atoms with Crippen molar-refractivity contribution in [3.63, 3.8) is 0 Å². The Balaban J connectivity index is 2.24.